The molecule has 1 aliphatic heterocycles. The molecule has 7 heteroatoms. The van der Waals surface area contributed by atoms with Crippen LogP contribution in [0.15, 0.2) is 12.4 Å². The van der Waals surface area contributed by atoms with Crippen LogP contribution in [0.3, 0.4) is 0 Å². The fraction of sp³-hybridized carbons (Fsp3) is 0.722. The third-order valence-electron chi connectivity index (χ3n) is 4.98. The molecule has 0 radical (unpaired) electrons. The van der Waals surface area contributed by atoms with Crippen LogP contribution < -0.4 is 5.32 Å². The number of aryl methyl sites for hydroxylation is 2. The van der Waals surface area contributed by atoms with Crippen molar-refractivity contribution in [1.29, 1.82) is 0 Å². The van der Waals surface area contributed by atoms with Gasteiger partial charge in [0.05, 0.1) is 0 Å². The zero-order chi connectivity index (χ0) is 18.2. The van der Waals surface area contributed by atoms with Crippen LogP contribution >= 0.6 is 0 Å². The molecule has 1 aromatic rings. The number of likely N-dealkylation sites (tertiary alicyclic amines) is 1. The predicted molar refractivity (Wildman–Crippen MR) is 97.1 cm³/mol. The molecule has 1 aromatic heterocycles. The first-order chi connectivity index (χ1) is 12.0. The van der Waals surface area contributed by atoms with Crippen LogP contribution in [0.5, 0.6) is 0 Å². The lowest BCUT2D eigenvalue weighted by Crippen LogP contribution is -2.47. The van der Waals surface area contributed by atoms with Crippen molar-refractivity contribution in [2.45, 2.75) is 52.1 Å². The number of imidazole rings is 1. The standard InChI is InChI=1S/C18H31N5O2/c1-4-22-14-10-20-17(22)5-6-18(25)23-11-7-16(8-12-23)21(3)13-9-19-15(2)24/h10,14,16H,4-9,11-13H2,1-3H3,(H,19,24). The second kappa shape index (κ2) is 9.56. The van der Waals surface area contributed by atoms with Crippen molar-refractivity contribution in [3.8, 4) is 0 Å². The fourth-order valence-corrected chi connectivity index (χ4v) is 3.38. The molecule has 140 valence electrons. The fourth-order valence-electron chi connectivity index (χ4n) is 3.38. The predicted octanol–water partition coefficient (Wildman–Crippen LogP) is 0.895. The van der Waals surface area contributed by atoms with Gasteiger partial charge >= 0.3 is 0 Å². The molecule has 1 N–H and O–H groups in total. The molecule has 0 saturated carbocycles. The van der Waals surface area contributed by atoms with Gasteiger partial charge in [-0.2, -0.15) is 0 Å². The number of aromatic nitrogens is 2. The average molecular weight is 349 g/mol. The molecule has 0 bridgehead atoms. The molecule has 0 spiro atoms. The van der Waals surface area contributed by atoms with Gasteiger partial charge in [0.2, 0.25) is 11.8 Å². The quantitative estimate of drug-likeness (QED) is 0.757. The summed E-state index contributed by atoms with van der Waals surface area (Å²) in [7, 11) is 2.09. The van der Waals surface area contributed by atoms with Crippen molar-refractivity contribution < 1.29 is 9.59 Å². The maximum absolute atomic E-state index is 12.4. The Morgan fingerprint density at radius 3 is 2.72 bits per heavy atom. The van der Waals surface area contributed by atoms with Gasteiger partial charge < -0.3 is 19.7 Å². The van der Waals surface area contributed by atoms with Gasteiger partial charge in [-0.1, -0.05) is 0 Å². The molecule has 0 aliphatic carbocycles. The number of nitrogens with one attached hydrogen (secondary N) is 1. The summed E-state index contributed by atoms with van der Waals surface area (Å²) in [5, 5.41) is 2.83. The molecule has 0 unspecified atom stereocenters. The molecular weight excluding hydrogens is 318 g/mol. The highest BCUT2D eigenvalue weighted by molar-refractivity contribution is 5.76. The minimum absolute atomic E-state index is 0.0116. The molecular formula is C18H31N5O2. The van der Waals surface area contributed by atoms with E-state index in [1.807, 2.05) is 11.1 Å². The summed E-state index contributed by atoms with van der Waals surface area (Å²) in [6.07, 6.45) is 6.97. The van der Waals surface area contributed by atoms with E-state index in [9.17, 15) is 9.59 Å². The van der Waals surface area contributed by atoms with Crippen LogP contribution in [0.25, 0.3) is 0 Å². The maximum atomic E-state index is 12.4. The first-order valence-corrected chi connectivity index (χ1v) is 9.23. The number of carbonyl (C=O) groups excluding carboxylic acids is 2. The molecule has 2 heterocycles. The monoisotopic (exact) mass is 349 g/mol. The van der Waals surface area contributed by atoms with E-state index in [0.717, 1.165) is 44.8 Å². The average Bonchev–Trinajstić information content (AvgIpc) is 3.07. The van der Waals surface area contributed by atoms with Crippen LogP contribution in [0.2, 0.25) is 0 Å². The highest BCUT2D eigenvalue weighted by atomic mass is 16.2. The largest absolute Gasteiger partial charge is 0.355 e. The lowest BCUT2D eigenvalue weighted by atomic mass is 10.0. The highest BCUT2D eigenvalue weighted by Crippen LogP contribution is 2.16. The van der Waals surface area contributed by atoms with E-state index < -0.39 is 0 Å². The lowest BCUT2D eigenvalue weighted by molar-refractivity contribution is -0.132. The zero-order valence-electron chi connectivity index (χ0n) is 15.7. The smallest absolute Gasteiger partial charge is 0.223 e. The van der Waals surface area contributed by atoms with Crippen molar-refractivity contribution in [3.63, 3.8) is 0 Å². The molecule has 2 amide bonds. The first-order valence-electron chi connectivity index (χ1n) is 9.23. The van der Waals surface area contributed by atoms with Gasteiger partial charge in [-0.3, -0.25) is 9.59 Å². The Kier molecular flexibility index (Phi) is 7.43. The minimum atomic E-state index is 0.0116. The zero-order valence-corrected chi connectivity index (χ0v) is 15.7. The van der Waals surface area contributed by atoms with Gasteiger partial charge in [0.1, 0.15) is 5.82 Å². The number of piperidine rings is 1. The van der Waals surface area contributed by atoms with E-state index in [1.54, 1.807) is 6.20 Å². The summed E-state index contributed by atoms with van der Waals surface area (Å²) < 4.78 is 2.09. The molecule has 1 aliphatic rings. The molecule has 25 heavy (non-hydrogen) atoms. The van der Waals surface area contributed by atoms with Crippen molar-refractivity contribution in [2.75, 3.05) is 33.2 Å². The highest BCUT2D eigenvalue weighted by Gasteiger charge is 2.25. The molecule has 1 saturated heterocycles. The van der Waals surface area contributed by atoms with Crippen LogP contribution in [0.4, 0.5) is 0 Å². The van der Waals surface area contributed by atoms with Crippen molar-refractivity contribution in [1.82, 2.24) is 24.7 Å². The Morgan fingerprint density at radius 2 is 2.08 bits per heavy atom. The van der Waals surface area contributed by atoms with Crippen LogP contribution in [-0.2, 0) is 22.6 Å². The van der Waals surface area contributed by atoms with Gasteiger partial charge in [0.15, 0.2) is 0 Å². The Bertz CT molecular complexity index is 564. The Hall–Kier alpha value is -1.89. The molecule has 1 fully saturated rings. The Labute approximate surface area is 150 Å². The van der Waals surface area contributed by atoms with Gasteiger partial charge in [-0.05, 0) is 26.8 Å². The third kappa shape index (κ3) is 5.85. The number of hydrogen-bond acceptors (Lipinski definition) is 4. The number of nitrogens with zero attached hydrogens (tertiary/aromatic N) is 4. The maximum Gasteiger partial charge on any atom is 0.223 e. The second-order valence-corrected chi connectivity index (χ2v) is 6.71. The summed E-state index contributed by atoms with van der Waals surface area (Å²) in [5.74, 6) is 1.23. The summed E-state index contributed by atoms with van der Waals surface area (Å²) in [5.41, 5.74) is 0. The van der Waals surface area contributed by atoms with Gasteiger partial charge in [0, 0.05) is 70.9 Å². The van der Waals surface area contributed by atoms with E-state index in [2.05, 4.69) is 33.7 Å². The summed E-state index contributed by atoms with van der Waals surface area (Å²) in [4.78, 5) is 32.0. The Morgan fingerprint density at radius 1 is 1.36 bits per heavy atom. The van der Waals surface area contributed by atoms with Crippen LogP contribution in [0, 0.1) is 0 Å². The second-order valence-electron chi connectivity index (χ2n) is 6.71. The van der Waals surface area contributed by atoms with E-state index in [4.69, 9.17) is 0 Å². The third-order valence-corrected chi connectivity index (χ3v) is 4.98. The molecule has 0 atom stereocenters. The van der Waals surface area contributed by atoms with Crippen molar-refractivity contribution in [3.05, 3.63) is 18.2 Å². The molecule has 0 aromatic carbocycles. The topological polar surface area (TPSA) is 70.5 Å². The summed E-state index contributed by atoms with van der Waals surface area (Å²) >= 11 is 0. The van der Waals surface area contributed by atoms with Crippen molar-refractivity contribution >= 4 is 11.8 Å². The number of amides is 2. The lowest BCUT2D eigenvalue weighted by Gasteiger charge is -2.36. The minimum Gasteiger partial charge on any atom is -0.355 e. The first kappa shape index (κ1) is 19.4. The van der Waals surface area contributed by atoms with E-state index in [1.165, 1.54) is 6.92 Å². The number of carbonyl (C=O) groups is 2. The number of rotatable bonds is 8. The van der Waals surface area contributed by atoms with Crippen LogP contribution in [0.1, 0.15) is 38.9 Å². The SMILES string of the molecule is CCn1ccnc1CCC(=O)N1CCC(N(C)CCNC(C)=O)CC1. The van der Waals surface area contributed by atoms with Gasteiger partial charge in [-0.15, -0.1) is 0 Å². The van der Waals surface area contributed by atoms with Crippen molar-refractivity contribution in [2.24, 2.45) is 0 Å². The van der Waals surface area contributed by atoms with Gasteiger partial charge in [0.25, 0.3) is 0 Å². The van der Waals surface area contributed by atoms with Crippen LogP contribution in [-0.4, -0.2) is 70.4 Å². The van der Waals surface area contributed by atoms with E-state index >= 15 is 0 Å². The van der Waals surface area contributed by atoms with E-state index in [0.29, 0.717) is 25.4 Å². The Balaban J connectivity index is 1.70. The number of likely N-dealkylation sites (N-methyl/N-ethyl adjacent to an activating group) is 1. The summed E-state index contributed by atoms with van der Waals surface area (Å²) in [6, 6.07) is 0.483. The molecule has 2 rings (SSSR count). The normalized spacial score (nSPS) is 15.6. The summed E-state index contributed by atoms with van der Waals surface area (Å²) in [6.45, 7) is 7.66. The molecule has 7 nitrogen and oxygen atoms in total. The number of hydrogen-bond donors (Lipinski definition) is 1. The van der Waals surface area contributed by atoms with E-state index in [-0.39, 0.29) is 11.8 Å². The van der Waals surface area contributed by atoms with Gasteiger partial charge in [-0.25, -0.2) is 4.98 Å².